The van der Waals surface area contributed by atoms with Crippen molar-refractivity contribution in [2.45, 2.75) is 99.6 Å². The van der Waals surface area contributed by atoms with Gasteiger partial charge in [-0.15, -0.1) is 10.2 Å². The molecule has 6 aromatic carbocycles. The first-order valence-corrected chi connectivity index (χ1v) is 24.8. The fourth-order valence-electron chi connectivity index (χ4n) is 10.5. The van der Waals surface area contributed by atoms with Gasteiger partial charge in [0.05, 0.1) is 31.0 Å². The zero-order valence-corrected chi connectivity index (χ0v) is 43.1. The van der Waals surface area contributed by atoms with Gasteiger partial charge in [0.2, 0.25) is 0 Å². The Morgan fingerprint density at radius 2 is 0.986 bits per heavy atom. The maximum absolute atomic E-state index is 13.3. The molecule has 0 saturated carbocycles. The number of methoxy groups -OCH3 is 1. The number of carboxylic acid groups (broad SMARTS) is 1. The number of ether oxygens (including phenoxy) is 1. The summed E-state index contributed by atoms with van der Waals surface area (Å²) in [6.07, 6.45) is 1.77. The molecule has 14 heteroatoms. The first-order chi connectivity index (χ1) is 35.0. The standard InChI is InChI=1S/C30H32N4O3.C29H30N4O3.CH4/c1-18-6-7-23(14-19(18)2)30(36)34-13-12-21-8-9-22(15-24(21)17-34)26(16-28(35)37-5)25-10-11-27-29(20(25)3)31-32-33(27)4;1-17-5-6-22(13-18(17)2)29(36)33-12-11-20-7-8-21(14-23(20)16-33)25(15-27(34)35)24-9-10-26-28(19(24)3)30-31-32(26)4;/h6-11,14-15,26H,12-13,16-17H2,1-5H3;5-10,13-14,25H,11-12,15-16H2,1-4H3,(H,34,35);1H4. The summed E-state index contributed by atoms with van der Waals surface area (Å²) in [5, 5.41) is 26.7. The largest absolute Gasteiger partial charge is 0.481 e. The number of nitrogens with zero attached hydrogens (tertiary/aromatic N) is 8. The molecule has 4 heterocycles. The third-order valence-corrected chi connectivity index (χ3v) is 15.3. The Hall–Kier alpha value is -8.00. The van der Waals surface area contributed by atoms with Crippen molar-refractivity contribution in [1.29, 1.82) is 0 Å². The molecular formula is C60H66N8O6. The molecule has 0 fully saturated rings. The first-order valence-electron chi connectivity index (χ1n) is 24.8. The smallest absolute Gasteiger partial charge is 0.306 e. The lowest BCUT2D eigenvalue weighted by Crippen LogP contribution is -2.36. The van der Waals surface area contributed by atoms with Gasteiger partial charge in [-0.1, -0.05) is 78.5 Å². The highest BCUT2D eigenvalue weighted by molar-refractivity contribution is 5.95. The zero-order chi connectivity index (χ0) is 51.8. The highest BCUT2D eigenvalue weighted by atomic mass is 16.5. The number of fused-ring (bicyclic) bond motifs is 4. The number of benzene rings is 6. The molecule has 0 aliphatic carbocycles. The average Bonchev–Trinajstić information content (AvgIpc) is 3.97. The summed E-state index contributed by atoms with van der Waals surface area (Å²) in [6.45, 7) is 14.6. The summed E-state index contributed by atoms with van der Waals surface area (Å²) < 4.78 is 8.53. The van der Waals surface area contributed by atoms with Crippen molar-refractivity contribution in [3.05, 3.63) is 186 Å². The van der Waals surface area contributed by atoms with E-state index in [1.807, 2.05) is 119 Å². The van der Waals surface area contributed by atoms with Crippen LogP contribution in [0.1, 0.15) is 131 Å². The molecule has 382 valence electrons. The van der Waals surface area contributed by atoms with Gasteiger partial charge >= 0.3 is 11.9 Å². The van der Waals surface area contributed by atoms with Gasteiger partial charge < -0.3 is 19.6 Å². The van der Waals surface area contributed by atoms with Crippen LogP contribution in [0.3, 0.4) is 0 Å². The Bertz CT molecular complexity index is 3480. The summed E-state index contributed by atoms with van der Waals surface area (Å²) in [4.78, 5) is 54.8. The molecule has 2 atom stereocenters. The lowest BCUT2D eigenvalue weighted by molar-refractivity contribution is -0.141. The second-order valence-corrected chi connectivity index (χ2v) is 19.8. The van der Waals surface area contributed by atoms with E-state index in [0.29, 0.717) is 31.7 Å². The lowest BCUT2D eigenvalue weighted by atomic mass is 9.83. The molecule has 0 saturated heterocycles. The maximum Gasteiger partial charge on any atom is 0.306 e. The predicted octanol–water partition coefficient (Wildman–Crippen LogP) is 10.1. The molecular weight excluding hydrogens is 929 g/mol. The van der Waals surface area contributed by atoms with Gasteiger partial charge in [-0.3, -0.25) is 19.2 Å². The topological polar surface area (TPSA) is 166 Å². The maximum atomic E-state index is 13.3. The molecule has 0 radical (unpaired) electrons. The molecule has 0 spiro atoms. The summed E-state index contributed by atoms with van der Waals surface area (Å²) in [5.74, 6) is -1.58. The van der Waals surface area contributed by atoms with Crippen LogP contribution >= 0.6 is 0 Å². The van der Waals surface area contributed by atoms with Crippen LogP contribution in [-0.2, 0) is 54.4 Å². The predicted molar refractivity (Wildman–Crippen MR) is 287 cm³/mol. The van der Waals surface area contributed by atoms with Crippen LogP contribution in [0.25, 0.3) is 22.1 Å². The normalized spacial score (nSPS) is 13.8. The molecule has 10 rings (SSSR count). The minimum atomic E-state index is -0.858. The van der Waals surface area contributed by atoms with Crippen LogP contribution in [0.2, 0.25) is 0 Å². The highest BCUT2D eigenvalue weighted by Crippen LogP contribution is 2.37. The van der Waals surface area contributed by atoms with Gasteiger partial charge in [-0.2, -0.15) is 0 Å². The number of aromatic nitrogens is 6. The molecule has 2 amide bonds. The second-order valence-electron chi connectivity index (χ2n) is 19.8. The van der Waals surface area contributed by atoms with Crippen molar-refractivity contribution in [3.63, 3.8) is 0 Å². The summed E-state index contributed by atoms with van der Waals surface area (Å²) >= 11 is 0. The van der Waals surface area contributed by atoms with Crippen LogP contribution in [-0.4, -0.2) is 88.8 Å². The van der Waals surface area contributed by atoms with E-state index in [0.717, 1.165) is 96.1 Å². The molecule has 74 heavy (non-hydrogen) atoms. The van der Waals surface area contributed by atoms with Crippen molar-refractivity contribution in [1.82, 2.24) is 39.8 Å². The average molecular weight is 995 g/mol. The number of carbonyl (C=O) groups excluding carboxylic acids is 3. The Morgan fingerprint density at radius 1 is 0.554 bits per heavy atom. The van der Waals surface area contributed by atoms with Crippen LogP contribution in [0, 0.1) is 41.5 Å². The second kappa shape index (κ2) is 21.6. The molecule has 14 nitrogen and oxygen atoms in total. The van der Waals surface area contributed by atoms with Gasteiger partial charge in [-0.25, -0.2) is 9.36 Å². The van der Waals surface area contributed by atoms with Gasteiger partial charge in [0.15, 0.2) is 0 Å². The molecule has 0 bridgehead atoms. The SMILES string of the molecule is C.COC(=O)CC(c1ccc2c(c1)CN(C(=O)c1ccc(C)c(C)c1)CC2)c1ccc2c(nnn2C)c1C.Cc1ccc(C(=O)N2CCc3ccc(C(CC(=O)O)c4ccc5c(nnn5C)c4C)cc3C2)cc1C. The van der Waals surface area contributed by atoms with Crippen LogP contribution in [0.5, 0.6) is 0 Å². The molecule has 1 N–H and O–H groups in total. The van der Waals surface area contributed by atoms with Gasteiger partial charge in [0, 0.05) is 63.2 Å². The number of hydrogen-bond acceptors (Lipinski definition) is 9. The van der Waals surface area contributed by atoms with Crippen molar-refractivity contribution >= 4 is 45.8 Å². The highest BCUT2D eigenvalue weighted by Gasteiger charge is 2.29. The number of aliphatic carboxylic acids is 1. The lowest BCUT2D eigenvalue weighted by Gasteiger charge is -2.30. The summed E-state index contributed by atoms with van der Waals surface area (Å²) in [6, 6.07) is 32.4. The zero-order valence-electron chi connectivity index (χ0n) is 43.1. The van der Waals surface area contributed by atoms with Gasteiger partial charge in [-0.05, 0) is 169 Å². The monoisotopic (exact) mass is 995 g/mol. The van der Waals surface area contributed by atoms with E-state index in [9.17, 15) is 24.3 Å². The molecule has 2 aliphatic heterocycles. The number of esters is 1. The minimum Gasteiger partial charge on any atom is -0.481 e. The first kappa shape index (κ1) is 52.3. The Kier molecular flexibility index (Phi) is 15.3. The number of carboxylic acids is 1. The third-order valence-electron chi connectivity index (χ3n) is 15.3. The van der Waals surface area contributed by atoms with E-state index in [4.69, 9.17) is 4.74 Å². The van der Waals surface area contributed by atoms with E-state index in [-0.39, 0.29) is 49.9 Å². The van der Waals surface area contributed by atoms with E-state index in [2.05, 4.69) is 63.9 Å². The number of amides is 2. The van der Waals surface area contributed by atoms with Crippen LogP contribution < -0.4 is 0 Å². The number of carbonyl (C=O) groups is 4. The Balaban J connectivity index is 0.000000194. The minimum absolute atomic E-state index is 0. The van der Waals surface area contributed by atoms with Gasteiger partial charge in [0.25, 0.3) is 11.8 Å². The fourth-order valence-corrected chi connectivity index (χ4v) is 10.5. The quantitative estimate of drug-likeness (QED) is 0.130. The molecule has 2 aliphatic rings. The van der Waals surface area contributed by atoms with E-state index in [1.165, 1.54) is 29.4 Å². The summed E-state index contributed by atoms with van der Waals surface area (Å²) in [7, 11) is 5.13. The van der Waals surface area contributed by atoms with E-state index >= 15 is 0 Å². The van der Waals surface area contributed by atoms with Gasteiger partial charge in [0.1, 0.15) is 11.0 Å². The summed E-state index contributed by atoms with van der Waals surface area (Å²) in [5.41, 5.74) is 20.0. The Labute approximate surface area is 433 Å². The Morgan fingerprint density at radius 3 is 1.39 bits per heavy atom. The third kappa shape index (κ3) is 10.4. The number of aryl methyl sites for hydroxylation is 8. The van der Waals surface area contributed by atoms with Crippen molar-refractivity contribution in [2.24, 2.45) is 14.1 Å². The van der Waals surface area contributed by atoms with Crippen molar-refractivity contribution in [2.75, 3.05) is 20.2 Å². The number of rotatable bonds is 10. The fraction of sp³-hybridized carbons (Fsp3) is 0.333. The van der Waals surface area contributed by atoms with Crippen LogP contribution in [0.15, 0.2) is 97.1 Å². The number of hydrogen-bond donors (Lipinski definition) is 1. The van der Waals surface area contributed by atoms with Crippen LogP contribution in [0.4, 0.5) is 0 Å². The molecule has 2 unspecified atom stereocenters. The van der Waals surface area contributed by atoms with Crippen molar-refractivity contribution in [3.8, 4) is 0 Å². The molecule has 2 aromatic heterocycles. The van der Waals surface area contributed by atoms with Crippen molar-refractivity contribution < 1.29 is 29.0 Å². The molecule has 8 aromatic rings. The van der Waals surface area contributed by atoms with E-state index < -0.39 is 5.97 Å². The van der Waals surface area contributed by atoms with E-state index in [1.54, 1.807) is 9.36 Å².